The van der Waals surface area contributed by atoms with E-state index < -0.39 is 0 Å². The Morgan fingerprint density at radius 2 is 1.82 bits per heavy atom. The van der Waals surface area contributed by atoms with Crippen molar-refractivity contribution in [2.24, 2.45) is 0 Å². The van der Waals surface area contributed by atoms with Crippen LogP contribution in [0.25, 0.3) is 0 Å². The van der Waals surface area contributed by atoms with Gasteiger partial charge >= 0.3 is 6.03 Å². The molecule has 2 amide bonds. The molecule has 0 fully saturated rings. The summed E-state index contributed by atoms with van der Waals surface area (Å²) in [6.45, 7) is 1.06. The van der Waals surface area contributed by atoms with E-state index in [0.29, 0.717) is 35.5 Å². The third-order valence-corrected chi connectivity index (χ3v) is 7.52. The number of urea groups is 1. The minimum atomic E-state index is -0.336. The number of benzene rings is 3. The topological polar surface area (TPSA) is 100 Å². The van der Waals surface area contributed by atoms with Crippen molar-refractivity contribution in [1.29, 1.82) is 0 Å². The second-order valence-corrected chi connectivity index (χ2v) is 11.2. The molecule has 0 bridgehead atoms. The quantitative estimate of drug-likeness (QED) is 0.184. The third-order valence-electron chi connectivity index (χ3n) is 7.14. The molecular formula is C34H35ClN6O4. The molecule has 0 saturated heterocycles. The van der Waals surface area contributed by atoms with Gasteiger partial charge in [-0.2, -0.15) is 4.98 Å². The van der Waals surface area contributed by atoms with Crippen LogP contribution in [0.1, 0.15) is 16.7 Å². The predicted octanol–water partition coefficient (Wildman–Crippen LogP) is 6.27. The molecule has 1 aliphatic heterocycles. The lowest BCUT2D eigenvalue weighted by Crippen LogP contribution is -2.47. The Balaban J connectivity index is 1.50. The predicted molar refractivity (Wildman–Crippen MR) is 177 cm³/mol. The molecule has 1 N–H and O–H groups in total. The first-order chi connectivity index (χ1) is 21.7. The van der Waals surface area contributed by atoms with E-state index in [1.807, 2.05) is 79.7 Å². The Labute approximate surface area is 267 Å². The zero-order valence-corrected chi connectivity index (χ0v) is 26.4. The number of rotatable bonds is 12. The van der Waals surface area contributed by atoms with Gasteiger partial charge in [0.1, 0.15) is 22.3 Å². The first-order valence-corrected chi connectivity index (χ1v) is 14.7. The van der Waals surface area contributed by atoms with Gasteiger partial charge in [0.15, 0.2) is 5.78 Å². The number of aromatic nitrogens is 2. The molecule has 1 aliphatic rings. The highest BCUT2D eigenvalue weighted by Crippen LogP contribution is 2.42. The molecular weight excluding hydrogens is 592 g/mol. The molecule has 4 aromatic rings. The van der Waals surface area contributed by atoms with Crippen molar-refractivity contribution < 1.29 is 19.1 Å². The van der Waals surface area contributed by atoms with Gasteiger partial charge in [-0.3, -0.25) is 14.6 Å². The molecule has 2 heterocycles. The van der Waals surface area contributed by atoms with Crippen LogP contribution < -0.4 is 24.6 Å². The maximum absolute atomic E-state index is 14.3. The van der Waals surface area contributed by atoms with Crippen LogP contribution in [0, 0.1) is 0 Å². The smallest absolute Gasteiger partial charge is 0.330 e. The molecule has 0 unspecified atom stereocenters. The van der Waals surface area contributed by atoms with Crippen LogP contribution in [-0.4, -0.2) is 61.5 Å². The second kappa shape index (κ2) is 14.2. The van der Waals surface area contributed by atoms with Crippen LogP contribution in [0.15, 0.2) is 85.1 Å². The van der Waals surface area contributed by atoms with Gasteiger partial charge in [-0.1, -0.05) is 60.1 Å². The van der Waals surface area contributed by atoms with E-state index in [-0.39, 0.29) is 36.3 Å². The van der Waals surface area contributed by atoms with E-state index in [9.17, 15) is 9.59 Å². The number of methoxy groups -OCH3 is 2. The molecule has 5 rings (SSSR count). The Bertz CT molecular complexity index is 1710. The number of ketones is 1. The number of amides is 2. The van der Waals surface area contributed by atoms with Gasteiger partial charge in [0, 0.05) is 42.5 Å². The summed E-state index contributed by atoms with van der Waals surface area (Å²) < 4.78 is 10.9. The molecule has 10 nitrogen and oxygen atoms in total. The molecule has 45 heavy (non-hydrogen) atoms. The van der Waals surface area contributed by atoms with Crippen LogP contribution in [0.3, 0.4) is 0 Å². The molecule has 0 saturated carbocycles. The summed E-state index contributed by atoms with van der Waals surface area (Å²) in [5.41, 5.74) is 3.67. The van der Waals surface area contributed by atoms with Crippen molar-refractivity contribution in [2.45, 2.75) is 19.5 Å². The first kappa shape index (κ1) is 31.5. The van der Waals surface area contributed by atoms with Crippen LogP contribution in [0.5, 0.6) is 11.5 Å². The number of nitrogens with zero attached hydrogens (tertiary/aromatic N) is 5. The molecule has 11 heteroatoms. The van der Waals surface area contributed by atoms with E-state index in [4.69, 9.17) is 26.1 Å². The number of halogens is 1. The maximum Gasteiger partial charge on any atom is 0.330 e. The van der Waals surface area contributed by atoms with Gasteiger partial charge in [-0.05, 0) is 43.4 Å². The summed E-state index contributed by atoms with van der Waals surface area (Å²) in [7, 11) is 6.94. The minimum Gasteiger partial charge on any atom is -0.497 e. The van der Waals surface area contributed by atoms with Crippen molar-refractivity contribution in [3.05, 3.63) is 107 Å². The van der Waals surface area contributed by atoms with E-state index in [1.165, 1.54) is 14.2 Å². The van der Waals surface area contributed by atoms with E-state index >= 15 is 0 Å². The molecule has 0 radical (unpaired) electrons. The highest BCUT2D eigenvalue weighted by atomic mass is 35.5. The lowest BCUT2D eigenvalue weighted by Gasteiger charge is -2.36. The molecule has 0 spiro atoms. The number of hydrogen-bond donors (Lipinski definition) is 1. The van der Waals surface area contributed by atoms with Gasteiger partial charge in [-0.25, -0.2) is 9.78 Å². The second-order valence-electron chi connectivity index (χ2n) is 10.8. The number of allylic oxidation sites excluding steroid dienone is 1. The van der Waals surface area contributed by atoms with E-state index in [1.54, 1.807) is 34.2 Å². The summed E-state index contributed by atoms with van der Waals surface area (Å²) >= 11 is 6.74. The number of ether oxygens (including phenoxy) is 2. The van der Waals surface area contributed by atoms with Crippen molar-refractivity contribution in [3.8, 4) is 11.5 Å². The van der Waals surface area contributed by atoms with Crippen LogP contribution >= 0.6 is 11.6 Å². The highest BCUT2D eigenvalue weighted by molar-refractivity contribution is 6.35. The number of hydrogen-bond acceptors (Lipinski definition) is 8. The summed E-state index contributed by atoms with van der Waals surface area (Å²) in [6, 6.07) is 20.3. The average Bonchev–Trinajstić information content (AvgIpc) is 3.03. The van der Waals surface area contributed by atoms with Crippen LogP contribution in [0.4, 0.5) is 27.9 Å². The van der Waals surface area contributed by atoms with Crippen molar-refractivity contribution >= 4 is 46.6 Å². The fourth-order valence-corrected chi connectivity index (χ4v) is 5.24. The molecule has 0 atom stereocenters. The zero-order chi connectivity index (χ0) is 31.9. The normalized spacial score (nSPS) is 12.9. The number of para-hydroxylation sites is 1. The number of nitrogens with one attached hydrogen (secondary N) is 1. The van der Waals surface area contributed by atoms with E-state index in [2.05, 4.69) is 10.3 Å². The van der Waals surface area contributed by atoms with Gasteiger partial charge in [0.2, 0.25) is 5.95 Å². The van der Waals surface area contributed by atoms with Gasteiger partial charge in [0.25, 0.3) is 0 Å². The molecule has 1 aromatic heterocycles. The number of carbonyl (C=O) groups is 2. The van der Waals surface area contributed by atoms with Crippen molar-refractivity contribution in [2.75, 3.05) is 50.0 Å². The summed E-state index contributed by atoms with van der Waals surface area (Å²) in [5.74, 6) is 1.71. The fraction of sp³-hybridized carbons (Fsp3) is 0.235. The van der Waals surface area contributed by atoms with E-state index in [0.717, 1.165) is 22.4 Å². The highest BCUT2D eigenvalue weighted by Gasteiger charge is 2.35. The Morgan fingerprint density at radius 1 is 1.04 bits per heavy atom. The Morgan fingerprint density at radius 3 is 2.56 bits per heavy atom. The Hall–Kier alpha value is -4.93. The largest absolute Gasteiger partial charge is 0.497 e. The average molecular weight is 627 g/mol. The van der Waals surface area contributed by atoms with Crippen LogP contribution in [0.2, 0.25) is 5.02 Å². The first-order valence-electron chi connectivity index (χ1n) is 14.4. The molecule has 3 aromatic carbocycles. The van der Waals surface area contributed by atoms with Crippen molar-refractivity contribution in [1.82, 2.24) is 14.9 Å². The van der Waals surface area contributed by atoms with Crippen molar-refractivity contribution in [3.63, 3.8) is 0 Å². The lowest BCUT2D eigenvalue weighted by atomic mass is 10.0. The van der Waals surface area contributed by atoms with Gasteiger partial charge < -0.3 is 19.7 Å². The zero-order valence-electron chi connectivity index (χ0n) is 25.7. The Kier molecular flexibility index (Phi) is 9.96. The molecule has 0 aliphatic carbocycles. The van der Waals surface area contributed by atoms with Crippen LogP contribution in [-0.2, 0) is 24.3 Å². The summed E-state index contributed by atoms with van der Waals surface area (Å²) in [4.78, 5) is 41.4. The van der Waals surface area contributed by atoms with Gasteiger partial charge in [0.05, 0.1) is 33.0 Å². The number of anilines is 4. The standard InChI is InChI=1S/C34H35ClN6O4/c1-39(2)15-9-14-27(42)17-23-10-8-11-24(16-23)21-41-32-25(20-36-33(38-32)37-26-12-6-5-7-13-26)22-40(34(41)43)29-18-28(44-3)19-30(45-4)31(29)35/h5-14,16,18-20H,15,17,21-22H2,1-4H3,(H,36,37,38)/b14-9+. The summed E-state index contributed by atoms with van der Waals surface area (Å²) in [6.07, 6.45) is 5.42. The third kappa shape index (κ3) is 7.60. The number of fused-ring (bicyclic) bond motifs is 1. The minimum absolute atomic E-state index is 0.00514. The number of likely N-dealkylation sites (N-methyl/N-ethyl adjacent to an activating group) is 1. The lowest BCUT2D eigenvalue weighted by molar-refractivity contribution is -0.114. The molecule has 232 valence electrons. The SMILES string of the molecule is COc1cc(OC)c(Cl)c(N2Cc3cnc(Nc4ccccc4)nc3N(Cc3cccc(CC(=O)/C=C/CN(C)C)c3)C2=O)c1. The maximum atomic E-state index is 14.3. The van der Waals surface area contributed by atoms with Gasteiger partial charge in [-0.15, -0.1) is 0 Å². The summed E-state index contributed by atoms with van der Waals surface area (Å²) in [5, 5.41) is 3.49. The monoisotopic (exact) mass is 626 g/mol. The fourth-order valence-electron chi connectivity index (χ4n) is 4.96. The number of carbonyl (C=O) groups excluding carboxylic acids is 2.